The van der Waals surface area contributed by atoms with E-state index in [1.165, 1.54) is 6.07 Å². The molecule has 0 spiro atoms. The number of rotatable bonds is 1. The fourth-order valence-electron chi connectivity index (χ4n) is 2.92. The Bertz CT molecular complexity index is 496. The van der Waals surface area contributed by atoms with Gasteiger partial charge in [0.25, 0.3) is 0 Å². The van der Waals surface area contributed by atoms with Crippen LogP contribution in [0, 0.1) is 17.0 Å². The maximum absolute atomic E-state index is 14.1. The summed E-state index contributed by atoms with van der Waals surface area (Å²) in [6.07, 6.45) is -0.0878. The lowest BCUT2D eigenvalue weighted by atomic mass is 9.68. The second-order valence-corrected chi connectivity index (χ2v) is 5.27. The molecule has 5 heteroatoms. The first-order valence-electron chi connectivity index (χ1n) is 5.96. The average molecular weight is 255 g/mol. The van der Waals surface area contributed by atoms with Crippen molar-refractivity contribution in [1.82, 2.24) is 5.48 Å². The summed E-state index contributed by atoms with van der Waals surface area (Å²) in [6.45, 7) is 4.57. The first kappa shape index (κ1) is 12.0. The number of fused-ring (bicyclic) bond motifs is 1. The molecule has 0 aromatic heterocycles. The predicted octanol–water partition coefficient (Wildman–Crippen LogP) is 2.12. The van der Waals surface area contributed by atoms with Gasteiger partial charge < -0.3 is 9.57 Å². The van der Waals surface area contributed by atoms with E-state index < -0.39 is 22.6 Å². The third kappa shape index (κ3) is 1.27. The lowest BCUT2D eigenvalue weighted by Crippen LogP contribution is -2.49. The molecule has 1 aromatic carbocycles. The minimum absolute atomic E-state index is 0.0878. The monoisotopic (exact) mass is 255 g/mol. The number of hydrogen-bond donors (Lipinski definition) is 1. The normalized spacial score (nSPS) is 39.0. The molecule has 3 nitrogen and oxygen atoms in total. The molecule has 0 saturated carbocycles. The number of hydroxylamine groups is 1. The van der Waals surface area contributed by atoms with E-state index >= 15 is 0 Å². The van der Waals surface area contributed by atoms with Crippen LogP contribution >= 0.6 is 0 Å². The molecule has 0 amide bonds. The minimum Gasteiger partial charge on any atom is -0.375 e. The second kappa shape index (κ2) is 3.73. The van der Waals surface area contributed by atoms with Crippen LogP contribution in [0.2, 0.25) is 0 Å². The lowest BCUT2D eigenvalue weighted by molar-refractivity contribution is -0.00196. The van der Waals surface area contributed by atoms with Crippen LogP contribution in [0.25, 0.3) is 0 Å². The molecule has 1 N–H and O–H groups in total. The van der Waals surface area contributed by atoms with Gasteiger partial charge in [-0.15, -0.1) is 0 Å². The number of hydrogen-bond acceptors (Lipinski definition) is 3. The van der Waals surface area contributed by atoms with Crippen LogP contribution in [0.4, 0.5) is 8.78 Å². The standard InChI is InChI=1S/C13H15F2NO2/c1-8-12(2)6-18-16-13(12,7-17-8)9-4-3-5-10(14)11(9)15/h3-5,8,16H,6-7H2,1-2H3/t8-,12-,13-/m1/s1. The third-order valence-electron chi connectivity index (χ3n) is 4.45. The maximum atomic E-state index is 14.1. The molecule has 3 atom stereocenters. The summed E-state index contributed by atoms with van der Waals surface area (Å²) in [7, 11) is 0. The van der Waals surface area contributed by atoms with E-state index in [1.54, 1.807) is 6.07 Å². The molecule has 2 heterocycles. The molecule has 1 aromatic rings. The summed E-state index contributed by atoms with van der Waals surface area (Å²) in [6, 6.07) is 4.20. The van der Waals surface area contributed by atoms with Crippen molar-refractivity contribution in [2.24, 2.45) is 5.41 Å². The molecule has 2 aliphatic rings. The highest BCUT2D eigenvalue weighted by Crippen LogP contribution is 2.52. The molecule has 2 fully saturated rings. The second-order valence-electron chi connectivity index (χ2n) is 5.27. The molecule has 98 valence electrons. The predicted molar refractivity (Wildman–Crippen MR) is 60.6 cm³/mol. The van der Waals surface area contributed by atoms with Crippen molar-refractivity contribution in [3.05, 3.63) is 35.4 Å². The van der Waals surface area contributed by atoms with Gasteiger partial charge in [0.05, 0.1) is 19.3 Å². The van der Waals surface area contributed by atoms with Gasteiger partial charge in [-0.25, -0.2) is 8.78 Å². The van der Waals surface area contributed by atoms with E-state index in [2.05, 4.69) is 5.48 Å². The van der Waals surface area contributed by atoms with Crippen LogP contribution in [-0.2, 0) is 15.1 Å². The molecule has 0 radical (unpaired) electrons. The largest absolute Gasteiger partial charge is 0.375 e. The molecule has 2 aliphatic heterocycles. The minimum atomic E-state index is -0.850. The van der Waals surface area contributed by atoms with Crippen LogP contribution in [0.5, 0.6) is 0 Å². The lowest BCUT2D eigenvalue weighted by Gasteiger charge is -2.35. The molecular formula is C13H15F2NO2. The van der Waals surface area contributed by atoms with Gasteiger partial charge in [-0.2, -0.15) is 5.48 Å². The Morgan fingerprint density at radius 1 is 1.33 bits per heavy atom. The van der Waals surface area contributed by atoms with Crippen LogP contribution in [0.15, 0.2) is 18.2 Å². The first-order chi connectivity index (χ1) is 8.51. The van der Waals surface area contributed by atoms with Gasteiger partial charge in [0.1, 0.15) is 5.54 Å². The SMILES string of the molecule is C[C@H]1OC[C@]2(c3cccc(F)c3F)NOC[C@]12C. The summed E-state index contributed by atoms with van der Waals surface area (Å²) < 4.78 is 33.1. The summed E-state index contributed by atoms with van der Waals surface area (Å²) >= 11 is 0. The maximum Gasteiger partial charge on any atom is 0.164 e. The number of nitrogens with one attached hydrogen (secondary N) is 1. The molecule has 0 aliphatic carbocycles. The van der Waals surface area contributed by atoms with Crippen molar-refractivity contribution in [1.29, 1.82) is 0 Å². The van der Waals surface area contributed by atoms with Gasteiger partial charge in [-0.3, -0.25) is 0 Å². The van der Waals surface area contributed by atoms with Gasteiger partial charge in [0.15, 0.2) is 11.6 Å². The Labute approximate surface area is 104 Å². The summed E-state index contributed by atoms with van der Waals surface area (Å²) in [5.41, 5.74) is 1.89. The smallest absolute Gasteiger partial charge is 0.164 e. The molecular weight excluding hydrogens is 240 g/mol. The van der Waals surface area contributed by atoms with Crippen LogP contribution in [0.3, 0.4) is 0 Å². The molecule has 3 rings (SSSR count). The van der Waals surface area contributed by atoms with E-state index in [0.717, 1.165) is 6.07 Å². The molecule has 0 unspecified atom stereocenters. The van der Waals surface area contributed by atoms with Gasteiger partial charge in [-0.1, -0.05) is 19.1 Å². The Balaban J connectivity index is 2.18. The third-order valence-corrected chi connectivity index (χ3v) is 4.45. The summed E-state index contributed by atoms with van der Waals surface area (Å²) in [4.78, 5) is 5.32. The Hall–Kier alpha value is -1.04. The van der Waals surface area contributed by atoms with Gasteiger partial charge >= 0.3 is 0 Å². The fourth-order valence-corrected chi connectivity index (χ4v) is 2.92. The zero-order chi connectivity index (χ0) is 13.0. The van der Waals surface area contributed by atoms with Crippen molar-refractivity contribution in [3.63, 3.8) is 0 Å². The highest BCUT2D eigenvalue weighted by Gasteiger charge is 2.63. The van der Waals surface area contributed by atoms with Gasteiger partial charge in [-0.05, 0) is 13.0 Å². The Kier molecular flexibility index (Phi) is 2.49. The van der Waals surface area contributed by atoms with Crippen molar-refractivity contribution < 1.29 is 18.4 Å². The van der Waals surface area contributed by atoms with Gasteiger partial charge in [0, 0.05) is 11.0 Å². The van der Waals surface area contributed by atoms with Gasteiger partial charge in [0.2, 0.25) is 0 Å². The number of ether oxygens (including phenoxy) is 1. The van der Waals surface area contributed by atoms with E-state index in [0.29, 0.717) is 6.61 Å². The zero-order valence-electron chi connectivity index (χ0n) is 10.3. The summed E-state index contributed by atoms with van der Waals surface area (Å²) in [5, 5.41) is 0. The Morgan fingerprint density at radius 2 is 2.11 bits per heavy atom. The quantitative estimate of drug-likeness (QED) is 0.833. The molecule has 18 heavy (non-hydrogen) atoms. The molecule has 0 bridgehead atoms. The number of halogens is 2. The van der Waals surface area contributed by atoms with Crippen molar-refractivity contribution in [2.75, 3.05) is 13.2 Å². The van der Waals surface area contributed by atoms with Crippen LogP contribution in [-0.4, -0.2) is 19.3 Å². The van der Waals surface area contributed by atoms with Crippen LogP contribution < -0.4 is 5.48 Å². The fraction of sp³-hybridized carbons (Fsp3) is 0.538. The van der Waals surface area contributed by atoms with E-state index in [-0.39, 0.29) is 18.3 Å². The highest BCUT2D eigenvalue weighted by atomic mass is 19.2. The Morgan fingerprint density at radius 3 is 2.89 bits per heavy atom. The highest BCUT2D eigenvalue weighted by molar-refractivity contribution is 5.33. The van der Waals surface area contributed by atoms with Crippen molar-refractivity contribution in [3.8, 4) is 0 Å². The first-order valence-corrected chi connectivity index (χ1v) is 5.96. The number of benzene rings is 1. The van der Waals surface area contributed by atoms with E-state index in [9.17, 15) is 8.78 Å². The summed E-state index contributed by atoms with van der Waals surface area (Å²) in [5.74, 6) is -1.68. The van der Waals surface area contributed by atoms with Crippen molar-refractivity contribution >= 4 is 0 Å². The average Bonchev–Trinajstić information content (AvgIpc) is 2.79. The van der Waals surface area contributed by atoms with E-state index in [4.69, 9.17) is 9.57 Å². The molecule has 2 saturated heterocycles. The topological polar surface area (TPSA) is 30.5 Å². The van der Waals surface area contributed by atoms with Crippen molar-refractivity contribution in [2.45, 2.75) is 25.5 Å². The van der Waals surface area contributed by atoms with E-state index in [1.807, 2.05) is 13.8 Å². The van der Waals surface area contributed by atoms with Crippen LogP contribution in [0.1, 0.15) is 19.4 Å². The zero-order valence-corrected chi connectivity index (χ0v) is 10.3.